The highest BCUT2D eigenvalue weighted by atomic mass is 32.1. The van der Waals surface area contributed by atoms with Gasteiger partial charge in [0.2, 0.25) is 0 Å². The largest absolute Gasteiger partial charge is 0.481 e. The van der Waals surface area contributed by atoms with Crippen LogP contribution in [0.2, 0.25) is 0 Å². The summed E-state index contributed by atoms with van der Waals surface area (Å²) in [6, 6.07) is 9.18. The Morgan fingerprint density at radius 2 is 2.00 bits per heavy atom. The van der Waals surface area contributed by atoms with E-state index in [4.69, 9.17) is 5.11 Å². The van der Waals surface area contributed by atoms with Crippen LogP contribution < -0.4 is 4.90 Å². The molecule has 1 heterocycles. The number of rotatable bonds is 6. The third-order valence-electron chi connectivity index (χ3n) is 2.93. The van der Waals surface area contributed by atoms with Crippen molar-refractivity contribution >= 4 is 29.1 Å². The predicted molar refractivity (Wildman–Crippen MR) is 79.6 cm³/mol. The predicted octanol–water partition coefficient (Wildman–Crippen LogP) is 2.36. The van der Waals surface area contributed by atoms with Gasteiger partial charge >= 0.3 is 5.97 Å². The van der Waals surface area contributed by atoms with Crippen molar-refractivity contribution in [1.29, 1.82) is 0 Å². The number of aryl methyl sites for hydroxylation is 1. The molecule has 1 amide bonds. The second-order valence-corrected chi connectivity index (χ2v) is 5.23. The second-order valence-electron chi connectivity index (χ2n) is 4.48. The van der Waals surface area contributed by atoms with Gasteiger partial charge in [-0.2, -0.15) is 0 Å². The fraction of sp³-hybridized carbons (Fsp3) is 0.286. The van der Waals surface area contributed by atoms with Gasteiger partial charge in [0, 0.05) is 18.7 Å². The normalized spacial score (nSPS) is 10.3. The maximum Gasteiger partial charge on any atom is 0.303 e. The van der Waals surface area contributed by atoms with Crippen LogP contribution in [0.3, 0.4) is 0 Å². The van der Waals surface area contributed by atoms with Crippen LogP contribution >= 0.6 is 11.5 Å². The molecule has 0 unspecified atom stereocenters. The Morgan fingerprint density at radius 1 is 1.29 bits per heavy atom. The van der Waals surface area contributed by atoms with Crippen LogP contribution in [0, 0.1) is 6.92 Å². The highest BCUT2D eigenvalue weighted by molar-refractivity contribution is 7.08. The maximum atomic E-state index is 12.6. The number of carbonyl (C=O) groups is 2. The summed E-state index contributed by atoms with van der Waals surface area (Å²) in [6.07, 6.45) is 0.414. The van der Waals surface area contributed by atoms with E-state index in [-0.39, 0.29) is 12.3 Å². The van der Waals surface area contributed by atoms with Gasteiger partial charge in [0.25, 0.3) is 5.91 Å². The summed E-state index contributed by atoms with van der Waals surface area (Å²) in [5, 5.41) is 12.6. The first kappa shape index (κ1) is 15.1. The third-order valence-corrected chi connectivity index (χ3v) is 3.75. The molecule has 0 atom stereocenters. The minimum Gasteiger partial charge on any atom is -0.481 e. The molecular formula is C14H15N3O3S. The Balaban J connectivity index is 2.21. The van der Waals surface area contributed by atoms with Crippen molar-refractivity contribution in [3.05, 3.63) is 40.9 Å². The quantitative estimate of drug-likeness (QED) is 0.885. The topological polar surface area (TPSA) is 83.4 Å². The Hall–Kier alpha value is -2.28. The molecule has 0 radical (unpaired) electrons. The summed E-state index contributed by atoms with van der Waals surface area (Å²) in [4.78, 5) is 25.3. The van der Waals surface area contributed by atoms with Gasteiger partial charge in [-0.15, -0.1) is 5.10 Å². The molecule has 6 nitrogen and oxygen atoms in total. The fourth-order valence-electron chi connectivity index (χ4n) is 1.89. The minimum atomic E-state index is -0.869. The SMILES string of the molecule is Cc1nnsc1C(=O)N(CCCC(=O)O)c1ccccc1. The van der Waals surface area contributed by atoms with Crippen LogP contribution in [0.4, 0.5) is 5.69 Å². The lowest BCUT2D eigenvalue weighted by Crippen LogP contribution is -2.32. The average molecular weight is 305 g/mol. The van der Waals surface area contributed by atoms with Crippen molar-refractivity contribution in [2.24, 2.45) is 0 Å². The molecule has 2 aromatic rings. The molecule has 21 heavy (non-hydrogen) atoms. The molecule has 0 aliphatic heterocycles. The average Bonchev–Trinajstić information content (AvgIpc) is 2.90. The number of nitrogens with zero attached hydrogens (tertiary/aromatic N) is 3. The van der Waals surface area contributed by atoms with Gasteiger partial charge in [0.1, 0.15) is 4.88 Å². The lowest BCUT2D eigenvalue weighted by atomic mass is 10.2. The van der Waals surface area contributed by atoms with E-state index in [1.165, 1.54) is 0 Å². The molecule has 0 bridgehead atoms. The number of benzene rings is 1. The van der Waals surface area contributed by atoms with Crippen LogP contribution in [0.25, 0.3) is 0 Å². The molecule has 0 aliphatic rings. The van der Waals surface area contributed by atoms with Crippen LogP contribution in [-0.2, 0) is 4.79 Å². The molecule has 0 fully saturated rings. The van der Waals surface area contributed by atoms with Gasteiger partial charge in [-0.1, -0.05) is 22.7 Å². The van der Waals surface area contributed by atoms with Crippen LogP contribution in [0.5, 0.6) is 0 Å². The molecule has 0 aliphatic carbocycles. The monoisotopic (exact) mass is 305 g/mol. The standard InChI is InChI=1S/C14H15N3O3S/c1-10-13(21-16-15-10)14(20)17(9-5-8-12(18)19)11-6-3-2-4-7-11/h2-4,6-7H,5,8-9H2,1H3,(H,18,19). The number of carbonyl (C=O) groups excluding carboxylic acids is 1. The number of hydrogen-bond acceptors (Lipinski definition) is 5. The van der Waals surface area contributed by atoms with E-state index in [1.807, 2.05) is 30.3 Å². The summed E-state index contributed by atoms with van der Waals surface area (Å²) in [6.45, 7) is 2.07. The van der Waals surface area contributed by atoms with E-state index in [0.29, 0.717) is 23.5 Å². The number of amides is 1. The number of aliphatic carboxylic acids is 1. The van der Waals surface area contributed by atoms with Crippen molar-refractivity contribution in [3.63, 3.8) is 0 Å². The summed E-state index contributed by atoms with van der Waals surface area (Å²) < 4.78 is 3.78. The van der Waals surface area contributed by atoms with Gasteiger partial charge in [0.05, 0.1) is 5.69 Å². The molecular weight excluding hydrogens is 290 g/mol. The van der Waals surface area contributed by atoms with Crippen molar-refractivity contribution in [2.45, 2.75) is 19.8 Å². The van der Waals surface area contributed by atoms with Crippen LogP contribution in [-0.4, -0.2) is 33.1 Å². The Morgan fingerprint density at radius 3 is 2.57 bits per heavy atom. The molecule has 0 spiro atoms. The number of carboxylic acid groups (broad SMARTS) is 1. The lowest BCUT2D eigenvalue weighted by molar-refractivity contribution is -0.137. The third kappa shape index (κ3) is 3.85. The Labute approximate surface area is 126 Å². The number of para-hydroxylation sites is 1. The summed E-state index contributed by atoms with van der Waals surface area (Å²) in [7, 11) is 0. The van der Waals surface area contributed by atoms with Crippen molar-refractivity contribution in [1.82, 2.24) is 9.59 Å². The summed E-state index contributed by atoms with van der Waals surface area (Å²) in [5.41, 5.74) is 1.32. The molecule has 0 saturated carbocycles. The van der Waals surface area contributed by atoms with E-state index >= 15 is 0 Å². The zero-order valence-corrected chi connectivity index (χ0v) is 12.3. The maximum absolute atomic E-state index is 12.6. The second kappa shape index (κ2) is 6.94. The van der Waals surface area contributed by atoms with Crippen molar-refractivity contribution in [3.8, 4) is 0 Å². The molecule has 1 aromatic heterocycles. The summed E-state index contributed by atoms with van der Waals surface area (Å²) in [5.74, 6) is -1.06. The highest BCUT2D eigenvalue weighted by Gasteiger charge is 2.22. The highest BCUT2D eigenvalue weighted by Crippen LogP contribution is 2.20. The minimum absolute atomic E-state index is 0.0243. The van der Waals surface area contributed by atoms with Crippen molar-refractivity contribution < 1.29 is 14.7 Å². The van der Waals surface area contributed by atoms with E-state index in [9.17, 15) is 9.59 Å². The fourth-order valence-corrected chi connectivity index (χ4v) is 2.50. The number of carboxylic acids is 1. The smallest absolute Gasteiger partial charge is 0.303 e. The van der Waals surface area contributed by atoms with Gasteiger partial charge < -0.3 is 10.0 Å². The van der Waals surface area contributed by atoms with Gasteiger partial charge in [-0.05, 0) is 37.0 Å². The van der Waals surface area contributed by atoms with Gasteiger partial charge in [-0.25, -0.2) is 0 Å². The summed E-state index contributed by atoms with van der Waals surface area (Å²) >= 11 is 1.05. The lowest BCUT2D eigenvalue weighted by Gasteiger charge is -2.22. The van der Waals surface area contributed by atoms with E-state index < -0.39 is 5.97 Å². The molecule has 110 valence electrons. The molecule has 7 heteroatoms. The van der Waals surface area contributed by atoms with E-state index in [0.717, 1.165) is 17.2 Å². The first-order valence-electron chi connectivity index (χ1n) is 6.47. The Kier molecular flexibility index (Phi) is 4.99. The Bertz CT molecular complexity index is 627. The van der Waals surface area contributed by atoms with Crippen molar-refractivity contribution in [2.75, 3.05) is 11.4 Å². The zero-order valence-electron chi connectivity index (χ0n) is 11.5. The number of aromatic nitrogens is 2. The molecule has 2 rings (SSSR count). The molecule has 1 N–H and O–H groups in total. The first-order chi connectivity index (χ1) is 10.1. The first-order valence-corrected chi connectivity index (χ1v) is 7.24. The number of anilines is 1. The van der Waals surface area contributed by atoms with Gasteiger partial charge in [0.15, 0.2) is 0 Å². The van der Waals surface area contributed by atoms with Gasteiger partial charge in [-0.3, -0.25) is 9.59 Å². The van der Waals surface area contributed by atoms with E-state index in [2.05, 4.69) is 9.59 Å². The zero-order chi connectivity index (χ0) is 15.2. The number of hydrogen-bond donors (Lipinski definition) is 1. The van der Waals surface area contributed by atoms with E-state index in [1.54, 1.807) is 11.8 Å². The van der Waals surface area contributed by atoms with Crippen LogP contribution in [0.15, 0.2) is 30.3 Å². The van der Waals surface area contributed by atoms with Crippen LogP contribution in [0.1, 0.15) is 28.2 Å². The molecule has 0 saturated heterocycles. The molecule has 1 aromatic carbocycles.